The minimum absolute atomic E-state index is 0.00945. The molecule has 0 radical (unpaired) electrons. The number of Topliss-reactive ketones (excluding diaryl/α,β-unsaturated/α-hetero) is 1. The first-order chi connectivity index (χ1) is 14.9. The van der Waals surface area contributed by atoms with Crippen molar-refractivity contribution in [2.45, 2.75) is 32.2 Å². The number of anilines is 1. The molecule has 0 amide bonds. The van der Waals surface area contributed by atoms with E-state index in [9.17, 15) is 14.9 Å². The van der Waals surface area contributed by atoms with Gasteiger partial charge >= 0.3 is 0 Å². The Morgan fingerprint density at radius 3 is 2.71 bits per heavy atom. The van der Waals surface area contributed by atoms with E-state index >= 15 is 0 Å². The molecule has 1 aromatic heterocycles. The first-order valence-electron chi connectivity index (χ1n) is 10.1. The van der Waals surface area contributed by atoms with Crippen molar-refractivity contribution >= 4 is 28.9 Å². The van der Waals surface area contributed by atoms with E-state index in [0.717, 1.165) is 41.2 Å². The molecule has 1 aliphatic carbocycles. The Morgan fingerprint density at radius 2 is 1.97 bits per heavy atom. The molecule has 0 fully saturated rings. The van der Waals surface area contributed by atoms with Crippen LogP contribution in [0.1, 0.15) is 36.6 Å². The maximum absolute atomic E-state index is 13.0. The lowest BCUT2D eigenvalue weighted by atomic mass is 9.85. The van der Waals surface area contributed by atoms with Crippen molar-refractivity contribution in [3.05, 3.63) is 86.2 Å². The number of benzene rings is 2. The lowest BCUT2D eigenvalue weighted by molar-refractivity contribution is -0.384. The van der Waals surface area contributed by atoms with Crippen LogP contribution in [-0.4, -0.2) is 20.5 Å². The Kier molecular flexibility index (Phi) is 4.63. The molecule has 0 spiro atoms. The number of rotatable bonds is 3. The predicted octanol–water partition coefficient (Wildman–Crippen LogP) is 5.44. The first kappa shape index (κ1) is 19.5. The molecule has 1 N–H and O–H groups in total. The van der Waals surface area contributed by atoms with Crippen LogP contribution in [0.5, 0.6) is 0 Å². The number of non-ortho nitro benzene ring substituents is 1. The lowest BCUT2D eigenvalue weighted by Crippen LogP contribution is -2.31. The SMILES string of the molecule is Cc1nn2c(c1-c1ccc(Cl)cc1)NC1=C(C(=O)CCC1)[C@@H]2c1cccc([N+](=O)[O-])c1. The molecule has 1 aliphatic heterocycles. The summed E-state index contributed by atoms with van der Waals surface area (Å²) in [7, 11) is 0. The van der Waals surface area contributed by atoms with Crippen LogP contribution in [0.4, 0.5) is 11.5 Å². The molecule has 0 saturated carbocycles. The van der Waals surface area contributed by atoms with Crippen LogP contribution in [-0.2, 0) is 4.79 Å². The first-order valence-corrected chi connectivity index (χ1v) is 10.4. The maximum atomic E-state index is 13.0. The Labute approximate surface area is 183 Å². The van der Waals surface area contributed by atoms with Crippen molar-refractivity contribution in [3.63, 3.8) is 0 Å². The fraction of sp³-hybridized carbons (Fsp3) is 0.217. The largest absolute Gasteiger partial charge is 0.343 e. The average Bonchev–Trinajstić information content (AvgIpc) is 3.08. The number of allylic oxidation sites excluding steroid dienone is 2. The van der Waals surface area contributed by atoms with Crippen LogP contribution in [0.15, 0.2) is 59.8 Å². The molecule has 5 rings (SSSR count). The van der Waals surface area contributed by atoms with Gasteiger partial charge in [0, 0.05) is 40.4 Å². The van der Waals surface area contributed by atoms with Crippen LogP contribution < -0.4 is 5.32 Å². The molecule has 0 saturated heterocycles. The van der Waals surface area contributed by atoms with Gasteiger partial charge in [-0.3, -0.25) is 14.9 Å². The summed E-state index contributed by atoms with van der Waals surface area (Å²) in [6.07, 6.45) is 1.98. The van der Waals surface area contributed by atoms with Crippen LogP contribution >= 0.6 is 11.6 Å². The number of aromatic nitrogens is 2. The highest BCUT2D eigenvalue weighted by Gasteiger charge is 2.38. The smallest absolute Gasteiger partial charge is 0.269 e. The van der Waals surface area contributed by atoms with E-state index in [2.05, 4.69) is 5.32 Å². The zero-order chi connectivity index (χ0) is 21.7. The molecule has 2 heterocycles. The van der Waals surface area contributed by atoms with Gasteiger partial charge in [-0.25, -0.2) is 4.68 Å². The van der Waals surface area contributed by atoms with Gasteiger partial charge in [-0.05, 0) is 43.0 Å². The summed E-state index contributed by atoms with van der Waals surface area (Å²) in [6, 6.07) is 13.5. The zero-order valence-electron chi connectivity index (χ0n) is 16.8. The number of nitrogens with one attached hydrogen (secondary N) is 1. The van der Waals surface area contributed by atoms with Crippen molar-refractivity contribution in [2.75, 3.05) is 5.32 Å². The zero-order valence-corrected chi connectivity index (χ0v) is 17.5. The second-order valence-corrected chi connectivity index (χ2v) is 8.25. The number of ketones is 1. The minimum atomic E-state index is -0.515. The standard InChI is InChI=1S/C23H19ClN4O3/c1-13-20(14-8-10-16(24)11-9-14)23-25-18-6-3-7-19(29)21(18)22(27(23)26-13)15-4-2-5-17(12-15)28(30)31/h2,4-5,8-12,22,25H,3,6-7H2,1H3/t22-/m0/s1. The molecule has 2 aliphatic rings. The molecule has 7 nitrogen and oxygen atoms in total. The van der Waals surface area contributed by atoms with Gasteiger partial charge in [0.1, 0.15) is 11.9 Å². The number of carbonyl (C=O) groups excluding carboxylic acids is 1. The van der Waals surface area contributed by atoms with Gasteiger partial charge in [0.15, 0.2) is 5.78 Å². The molecule has 3 aromatic rings. The summed E-state index contributed by atoms with van der Waals surface area (Å²) in [6.45, 7) is 1.92. The summed E-state index contributed by atoms with van der Waals surface area (Å²) in [5.74, 6) is 0.835. The molecule has 31 heavy (non-hydrogen) atoms. The van der Waals surface area contributed by atoms with E-state index in [1.54, 1.807) is 10.7 Å². The third kappa shape index (κ3) is 3.21. The fourth-order valence-corrected chi connectivity index (χ4v) is 4.63. The van der Waals surface area contributed by atoms with Gasteiger partial charge in [-0.2, -0.15) is 5.10 Å². The minimum Gasteiger partial charge on any atom is -0.343 e. The number of halogens is 1. The van der Waals surface area contributed by atoms with E-state index in [1.807, 2.05) is 37.3 Å². The Bertz CT molecular complexity index is 1260. The van der Waals surface area contributed by atoms with Crippen molar-refractivity contribution in [2.24, 2.45) is 0 Å². The predicted molar refractivity (Wildman–Crippen MR) is 118 cm³/mol. The molecule has 1 atom stereocenters. The van der Waals surface area contributed by atoms with Crippen molar-refractivity contribution in [1.29, 1.82) is 0 Å². The van der Waals surface area contributed by atoms with E-state index in [-0.39, 0.29) is 11.5 Å². The van der Waals surface area contributed by atoms with Crippen LogP contribution in [0.25, 0.3) is 11.1 Å². The number of hydrogen-bond donors (Lipinski definition) is 1. The molecular weight excluding hydrogens is 416 g/mol. The number of carbonyl (C=O) groups is 1. The second-order valence-electron chi connectivity index (χ2n) is 7.81. The van der Waals surface area contributed by atoms with Crippen LogP contribution in [0, 0.1) is 17.0 Å². The quantitative estimate of drug-likeness (QED) is 0.437. The normalized spacial score (nSPS) is 17.7. The second kappa shape index (κ2) is 7.35. The highest BCUT2D eigenvalue weighted by atomic mass is 35.5. The molecule has 156 valence electrons. The van der Waals surface area contributed by atoms with E-state index in [1.165, 1.54) is 12.1 Å². The number of nitrogens with zero attached hydrogens (tertiary/aromatic N) is 3. The average molecular weight is 435 g/mol. The summed E-state index contributed by atoms with van der Waals surface area (Å²) in [4.78, 5) is 23.9. The van der Waals surface area contributed by atoms with Crippen molar-refractivity contribution in [3.8, 4) is 11.1 Å². The van der Waals surface area contributed by atoms with Crippen molar-refractivity contribution < 1.29 is 9.72 Å². The van der Waals surface area contributed by atoms with Crippen molar-refractivity contribution in [1.82, 2.24) is 9.78 Å². The number of hydrogen-bond acceptors (Lipinski definition) is 5. The number of nitro groups is 1. The van der Waals surface area contributed by atoms with Crippen LogP contribution in [0.3, 0.4) is 0 Å². The Balaban J connectivity index is 1.74. The van der Waals surface area contributed by atoms with E-state index < -0.39 is 11.0 Å². The topological polar surface area (TPSA) is 90.1 Å². The van der Waals surface area contributed by atoms with Gasteiger partial charge in [0.2, 0.25) is 0 Å². The Hall–Kier alpha value is -3.45. The molecule has 0 bridgehead atoms. The maximum Gasteiger partial charge on any atom is 0.269 e. The Morgan fingerprint density at radius 1 is 1.19 bits per heavy atom. The number of nitro benzene ring substituents is 1. The summed E-state index contributed by atoms with van der Waals surface area (Å²) < 4.78 is 1.79. The number of aryl methyl sites for hydroxylation is 1. The molecule has 0 unspecified atom stereocenters. The van der Waals surface area contributed by atoms with E-state index in [4.69, 9.17) is 16.7 Å². The van der Waals surface area contributed by atoms with Gasteiger partial charge in [0.05, 0.1) is 10.6 Å². The molecule has 8 heteroatoms. The third-order valence-electron chi connectivity index (χ3n) is 5.86. The number of fused-ring (bicyclic) bond motifs is 1. The van der Waals surface area contributed by atoms with Gasteiger partial charge < -0.3 is 5.32 Å². The summed E-state index contributed by atoms with van der Waals surface area (Å²) in [5.41, 5.74) is 4.86. The van der Waals surface area contributed by atoms with Gasteiger partial charge in [-0.15, -0.1) is 0 Å². The van der Waals surface area contributed by atoms with Gasteiger partial charge in [-0.1, -0.05) is 35.9 Å². The lowest BCUT2D eigenvalue weighted by Gasteiger charge is -2.33. The fourth-order valence-electron chi connectivity index (χ4n) is 4.51. The highest BCUT2D eigenvalue weighted by Crippen LogP contribution is 2.45. The van der Waals surface area contributed by atoms with Gasteiger partial charge in [0.25, 0.3) is 5.69 Å². The third-order valence-corrected chi connectivity index (χ3v) is 6.11. The summed E-state index contributed by atoms with van der Waals surface area (Å²) >= 11 is 6.07. The molecular formula is C23H19ClN4O3. The monoisotopic (exact) mass is 434 g/mol. The van der Waals surface area contributed by atoms with E-state index in [0.29, 0.717) is 22.6 Å². The highest BCUT2D eigenvalue weighted by molar-refractivity contribution is 6.30. The summed E-state index contributed by atoms with van der Waals surface area (Å²) in [5, 5.41) is 20.3. The van der Waals surface area contributed by atoms with Crippen LogP contribution in [0.2, 0.25) is 5.02 Å². The molecule has 2 aromatic carbocycles.